The van der Waals surface area contributed by atoms with Gasteiger partial charge in [-0.2, -0.15) is 0 Å². The number of aromatic nitrogens is 3. The highest BCUT2D eigenvalue weighted by molar-refractivity contribution is 7.26. The Hall–Kier alpha value is -7.01. The summed E-state index contributed by atoms with van der Waals surface area (Å²) in [5.74, 6) is 1.91. The largest absolute Gasteiger partial charge is 0.208 e. The molecular weight excluding hydrogens is 687 g/mol. The van der Waals surface area contributed by atoms with Crippen LogP contribution in [0.1, 0.15) is 0 Å². The van der Waals surface area contributed by atoms with Crippen LogP contribution in [0.15, 0.2) is 200 Å². The highest BCUT2D eigenvalue weighted by atomic mass is 32.1. The van der Waals surface area contributed by atoms with Crippen molar-refractivity contribution >= 4 is 31.5 Å². The van der Waals surface area contributed by atoms with Crippen LogP contribution in [0.5, 0.6) is 0 Å². The number of nitrogens with zero attached hydrogens (tertiary/aromatic N) is 3. The summed E-state index contributed by atoms with van der Waals surface area (Å²) in [5.41, 5.74) is 12.2. The minimum atomic E-state index is 0.635. The summed E-state index contributed by atoms with van der Waals surface area (Å²) in [5, 5.41) is 2.60. The summed E-state index contributed by atoms with van der Waals surface area (Å²) in [4.78, 5) is 15.2. The molecule has 0 radical (unpaired) electrons. The lowest BCUT2D eigenvalue weighted by atomic mass is 9.98. The van der Waals surface area contributed by atoms with E-state index in [1.54, 1.807) is 0 Å². The van der Waals surface area contributed by atoms with Gasteiger partial charge in [0, 0.05) is 36.9 Å². The first-order valence-electron chi connectivity index (χ1n) is 18.4. The Labute approximate surface area is 323 Å². The molecule has 3 nitrogen and oxygen atoms in total. The van der Waals surface area contributed by atoms with E-state index < -0.39 is 0 Å². The number of benzene rings is 8. The fourth-order valence-electron chi connectivity index (χ4n) is 7.30. The van der Waals surface area contributed by atoms with E-state index in [1.807, 2.05) is 23.5 Å². The molecule has 8 aromatic carbocycles. The van der Waals surface area contributed by atoms with Gasteiger partial charge in [0.05, 0.1) is 0 Å². The van der Waals surface area contributed by atoms with Crippen LogP contribution >= 0.6 is 11.3 Å². The third-order valence-electron chi connectivity index (χ3n) is 10.2. The molecule has 0 unspecified atom stereocenters. The number of hydrogen-bond acceptors (Lipinski definition) is 4. The zero-order valence-electron chi connectivity index (χ0n) is 29.8. The Morgan fingerprint density at radius 2 is 0.655 bits per heavy atom. The summed E-state index contributed by atoms with van der Waals surface area (Å²) < 4.78 is 2.60. The van der Waals surface area contributed by atoms with Crippen molar-refractivity contribution in [2.24, 2.45) is 0 Å². The van der Waals surface area contributed by atoms with Gasteiger partial charge in [-0.15, -0.1) is 11.3 Å². The van der Waals surface area contributed by atoms with Crippen molar-refractivity contribution in [3.63, 3.8) is 0 Å². The fourth-order valence-corrected chi connectivity index (χ4v) is 8.54. The van der Waals surface area contributed by atoms with E-state index >= 15 is 0 Å². The maximum absolute atomic E-state index is 5.08. The van der Waals surface area contributed by atoms with Crippen molar-refractivity contribution in [1.29, 1.82) is 0 Å². The van der Waals surface area contributed by atoms with Crippen molar-refractivity contribution in [3.8, 4) is 78.7 Å². The Morgan fingerprint density at radius 3 is 1.22 bits per heavy atom. The molecule has 0 aliphatic carbocycles. The molecule has 258 valence electrons. The quantitative estimate of drug-likeness (QED) is 0.165. The average molecular weight is 720 g/mol. The van der Waals surface area contributed by atoms with Gasteiger partial charge in [0.25, 0.3) is 0 Å². The molecule has 10 aromatic rings. The minimum Gasteiger partial charge on any atom is -0.208 e. The Bertz CT molecular complexity index is 2930. The average Bonchev–Trinajstić information content (AvgIpc) is 3.66. The SMILES string of the molecule is c1ccc(-c2ccc(-c3nc(-c4ccc(-c5cccc(-c6ccccc6)c5)cc4)nc(-c4ccc(-c5cccc6c5sc5ccccc56)cc4)n3)cc2)cc1. The van der Waals surface area contributed by atoms with Gasteiger partial charge >= 0.3 is 0 Å². The Kier molecular flexibility index (Phi) is 8.36. The highest BCUT2D eigenvalue weighted by Crippen LogP contribution is 2.40. The second-order valence-corrected chi connectivity index (χ2v) is 14.7. The first-order valence-corrected chi connectivity index (χ1v) is 19.2. The molecule has 0 atom stereocenters. The number of rotatable bonds is 7. The van der Waals surface area contributed by atoms with Gasteiger partial charge in [-0.25, -0.2) is 15.0 Å². The number of fused-ring (bicyclic) bond motifs is 3. The molecule has 2 aromatic heterocycles. The minimum absolute atomic E-state index is 0.635. The van der Waals surface area contributed by atoms with Gasteiger partial charge in [0.15, 0.2) is 17.5 Å². The highest BCUT2D eigenvalue weighted by Gasteiger charge is 2.15. The Morgan fingerprint density at radius 1 is 0.273 bits per heavy atom. The monoisotopic (exact) mass is 719 g/mol. The first-order chi connectivity index (χ1) is 27.2. The van der Waals surface area contributed by atoms with Crippen LogP contribution < -0.4 is 0 Å². The van der Waals surface area contributed by atoms with Gasteiger partial charge in [0.2, 0.25) is 0 Å². The number of thiophene rings is 1. The zero-order chi connectivity index (χ0) is 36.6. The smallest absolute Gasteiger partial charge is 0.164 e. The molecule has 2 heterocycles. The van der Waals surface area contributed by atoms with E-state index in [4.69, 9.17) is 15.0 Å². The topological polar surface area (TPSA) is 38.7 Å². The summed E-state index contributed by atoms with van der Waals surface area (Å²) in [7, 11) is 0. The maximum Gasteiger partial charge on any atom is 0.164 e. The molecule has 0 bridgehead atoms. The normalized spacial score (nSPS) is 11.3. The van der Waals surface area contributed by atoms with Crippen molar-refractivity contribution in [3.05, 3.63) is 200 Å². The van der Waals surface area contributed by atoms with Gasteiger partial charge in [-0.05, 0) is 56.6 Å². The van der Waals surface area contributed by atoms with Gasteiger partial charge in [-0.3, -0.25) is 0 Å². The summed E-state index contributed by atoms with van der Waals surface area (Å²) in [6.45, 7) is 0. The molecule has 0 fully saturated rings. The first kappa shape index (κ1) is 32.6. The van der Waals surface area contributed by atoms with E-state index in [1.165, 1.54) is 48.0 Å². The molecule has 0 spiro atoms. The van der Waals surface area contributed by atoms with Crippen molar-refractivity contribution in [2.45, 2.75) is 0 Å². The Balaban J connectivity index is 1.03. The molecule has 10 rings (SSSR count). The van der Waals surface area contributed by atoms with Crippen LogP contribution in [0.4, 0.5) is 0 Å². The van der Waals surface area contributed by atoms with Crippen molar-refractivity contribution < 1.29 is 0 Å². The van der Waals surface area contributed by atoms with Crippen LogP contribution in [-0.2, 0) is 0 Å². The van der Waals surface area contributed by atoms with Gasteiger partial charge < -0.3 is 0 Å². The fraction of sp³-hybridized carbons (Fsp3) is 0. The molecule has 0 aliphatic rings. The number of hydrogen-bond donors (Lipinski definition) is 0. The van der Waals surface area contributed by atoms with E-state index in [0.717, 1.165) is 33.4 Å². The lowest BCUT2D eigenvalue weighted by Gasteiger charge is -2.11. The molecule has 55 heavy (non-hydrogen) atoms. The van der Waals surface area contributed by atoms with Crippen molar-refractivity contribution in [1.82, 2.24) is 15.0 Å². The molecular formula is C51H33N3S. The van der Waals surface area contributed by atoms with E-state index in [9.17, 15) is 0 Å². The standard InChI is InChI=1S/C51H33N3S/c1-3-11-34(12-4-1)36-21-27-39(28-22-36)49-52-50(40-29-23-37(24-30-40)43-16-9-15-42(33-43)35-13-5-2-6-14-35)54-51(53-49)41-31-25-38(26-32-41)44-18-10-19-46-45-17-7-8-20-47(45)55-48(44)46/h1-33H. The molecule has 0 N–H and O–H groups in total. The lowest BCUT2D eigenvalue weighted by Crippen LogP contribution is -2.00. The summed E-state index contributed by atoms with van der Waals surface area (Å²) in [6, 6.07) is 70.5. The molecule has 0 saturated carbocycles. The van der Waals surface area contributed by atoms with Crippen LogP contribution in [0.25, 0.3) is 98.8 Å². The third-order valence-corrected chi connectivity index (χ3v) is 11.4. The zero-order valence-corrected chi connectivity index (χ0v) is 30.6. The van der Waals surface area contributed by atoms with Crippen LogP contribution in [0, 0.1) is 0 Å². The predicted molar refractivity (Wildman–Crippen MR) is 231 cm³/mol. The van der Waals surface area contributed by atoms with E-state index in [-0.39, 0.29) is 0 Å². The van der Waals surface area contributed by atoms with E-state index in [0.29, 0.717) is 17.5 Å². The van der Waals surface area contributed by atoms with Crippen LogP contribution in [-0.4, -0.2) is 15.0 Å². The molecule has 4 heteroatoms. The molecule has 0 aliphatic heterocycles. The summed E-state index contributed by atoms with van der Waals surface area (Å²) in [6.07, 6.45) is 0. The lowest BCUT2D eigenvalue weighted by molar-refractivity contribution is 1.07. The van der Waals surface area contributed by atoms with E-state index in [2.05, 4.69) is 188 Å². The second kappa shape index (κ2) is 14.1. The van der Waals surface area contributed by atoms with Crippen molar-refractivity contribution in [2.75, 3.05) is 0 Å². The molecule has 0 amide bonds. The maximum atomic E-state index is 5.08. The molecule has 0 saturated heterocycles. The predicted octanol–water partition coefficient (Wildman–Crippen LogP) is 13.9. The van der Waals surface area contributed by atoms with Gasteiger partial charge in [-0.1, -0.05) is 188 Å². The van der Waals surface area contributed by atoms with Crippen LogP contribution in [0.3, 0.4) is 0 Å². The third kappa shape index (κ3) is 6.39. The summed E-state index contributed by atoms with van der Waals surface area (Å²) >= 11 is 1.85. The second-order valence-electron chi connectivity index (χ2n) is 13.6. The van der Waals surface area contributed by atoms with Crippen LogP contribution in [0.2, 0.25) is 0 Å². The van der Waals surface area contributed by atoms with Gasteiger partial charge in [0.1, 0.15) is 0 Å².